The minimum absolute atomic E-state index is 0.0670. The summed E-state index contributed by atoms with van der Waals surface area (Å²) in [4.78, 5) is 27.5. The van der Waals surface area contributed by atoms with E-state index < -0.39 is 0 Å². The summed E-state index contributed by atoms with van der Waals surface area (Å²) in [5.41, 5.74) is 0.121. The molecule has 82 valence electrons. The summed E-state index contributed by atoms with van der Waals surface area (Å²) >= 11 is 0. The quantitative estimate of drug-likeness (QED) is 0.423. The lowest BCUT2D eigenvalue weighted by molar-refractivity contribution is -0.118. The molecule has 0 aromatic carbocycles. The first-order valence-electron chi connectivity index (χ1n) is 4.60. The third-order valence-corrected chi connectivity index (χ3v) is 2.61. The van der Waals surface area contributed by atoms with Crippen LogP contribution in [0.4, 0.5) is 5.95 Å². The molecule has 0 saturated heterocycles. The number of hydrogen-bond donors (Lipinski definition) is 1. The molecule has 0 radical (unpaired) electrons. The molecule has 2 N–H and O–H groups in total. The Morgan fingerprint density at radius 1 is 1.44 bits per heavy atom. The highest BCUT2D eigenvalue weighted by Crippen LogP contribution is 2.17. The summed E-state index contributed by atoms with van der Waals surface area (Å²) in [6.07, 6.45) is 1.43. The van der Waals surface area contributed by atoms with Crippen molar-refractivity contribution in [2.75, 3.05) is 5.01 Å². The third kappa shape index (κ3) is 0.910. The molecule has 16 heavy (non-hydrogen) atoms. The lowest BCUT2D eigenvalue weighted by Gasteiger charge is -2.06. The highest BCUT2D eigenvalue weighted by atomic mass is 16.2. The molecule has 8 heteroatoms. The molecule has 3 heterocycles. The molecule has 3 rings (SSSR count). The molecule has 2 aromatic heterocycles. The van der Waals surface area contributed by atoms with Crippen molar-refractivity contribution in [3.8, 4) is 0 Å². The van der Waals surface area contributed by atoms with E-state index in [-0.39, 0.29) is 24.0 Å². The second-order valence-corrected chi connectivity index (χ2v) is 3.57. The number of hydrazine groups is 1. The SMILES string of the molecule is Cn1ncc2c(=O)n3c(nc21)N(N)C(=O)C3. The monoisotopic (exact) mass is 220 g/mol. The Morgan fingerprint density at radius 2 is 2.19 bits per heavy atom. The van der Waals surface area contributed by atoms with Gasteiger partial charge in [0.15, 0.2) is 5.65 Å². The van der Waals surface area contributed by atoms with Gasteiger partial charge in [-0.15, -0.1) is 0 Å². The number of aryl methyl sites for hydroxylation is 1. The lowest BCUT2D eigenvalue weighted by atomic mass is 10.4. The molecule has 0 atom stereocenters. The van der Waals surface area contributed by atoms with Gasteiger partial charge in [0.2, 0.25) is 5.95 Å². The van der Waals surface area contributed by atoms with E-state index in [1.54, 1.807) is 7.05 Å². The minimum atomic E-state index is -0.354. The topological polar surface area (TPSA) is 99.0 Å². The van der Waals surface area contributed by atoms with Crippen molar-refractivity contribution in [3.05, 3.63) is 16.6 Å². The van der Waals surface area contributed by atoms with Gasteiger partial charge in [-0.2, -0.15) is 10.1 Å². The normalized spacial score (nSPS) is 14.9. The van der Waals surface area contributed by atoms with Crippen LogP contribution in [0.1, 0.15) is 0 Å². The zero-order chi connectivity index (χ0) is 11.4. The van der Waals surface area contributed by atoms with Crippen LogP contribution >= 0.6 is 0 Å². The van der Waals surface area contributed by atoms with Crippen LogP contribution in [0.3, 0.4) is 0 Å². The number of amides is 1. The summed E-state index contributed by atoms with van der Waals surface area (Å²) in [5, 5.41) is 5.20. The van der Waals surface area contributed by atoms with Gasteiger partial charge in [0.05, 0.1) is 6.20 Å². The largest absolute Gasteiger partial charge is 0.271 e. The number of aromatic nitrogens is 4. The van der Waals surface area contributed by atoms with Gasteiger partial charge >= 0.3 is 0 Å². The molecular weight excluding hydrogens is 212 g/mol. The molecule has 0 bridgehead atoms. The summed E-state index contributed by atoms with van der Waals surface area (Å²) in [5.74, 6) is 5.31. The Bertz CT molecular complexity index is 669. The van der Waals surface area contributed by atoms with E-state index >= 15 is 0 Å². The smallest absolute Gasteiger partial charge is 0.266 e. The minimum Gasteiger partial charge on any atom is -0.271 e. The predicted molar refractivity (Wildman–Crippen MR) is 54.4 cm³/mol. The van der Waals surface area contributed by atoms with Crippen molar-refractivity contribution in [1.29, 1.82) is 0 Å². The summed E-state index contributed by atoms with van der Waals surface area (Å²) in [7, 11) is 1.67. The van der Waals surface area contributed by atoms with Crippen LogP contribution in [0.5, 0.6) is 0 Å². The van der Waals surface area contributed by atoms with Gasteiger partial charge in [-0.05, 0) is 0 Å². The van der Waals surface area contributed by atoms with Gasteiger partial charge in [-0.3, -0.25) is 18.8 Å². The van der Waals surface area contributed by atoms with E-state index in [1.807, 2.05) is 0 Å². The Balaban J connectivity index is 2.46. The van der Waals surface area contributed by atoms with Gasteiger partial charge < -0.3 is 0 Å². The number of fused-ring (bicyclic) bond motifs is 2. The van der Waals surface area contributed by atoms with E-state index in [0.717, 1.165) is 5.01 Å². The lowest BCUT2D eigenvalue weighted by Crippen LogP contribution is -2.34. The van der Waals surface area contributed by atoms with E-state index in [9.17, 15) is 9.59 Å². The second kappa shape index (κ2) is 2.67. The van der Waals surface area contributed by atoms with Crippen LogP contribution in [0, 0.1) is 0 Å². The first kappa shape index (κ1) is 9.04. The van der Waals surface area contributed by atoms with Crippen molar-refractivity contribution in [1.82, 2.24) is 19.3 Å². The summed E-state index contributed by atoms with van der Waals surface area (Å²) in [6, 6.07) is 0. The maximum atomic E-state index is 12.0. The molecule has 0 saturated carbocycles. The number of anilines is 1. The van der Waals surface area contributed by atoms with Crippen LogP contribution < -0.4 is 16.4 Å². The van der Waals surface area contributed by atoms with Crippen molar-refractivity contribution < 1.29 is 4.79 Å². The van der Waals surface area contributed by atoms with Gasteiger partial charge in [-0.25, -0.2) is 10.9 Å². The fourth-order valence-corrected chi connectivity index (χ4v) is 1.76. The molecule has 0 spiro atoms. The van der Waals surface area contributed by atoms with Crippen molar-refractivity contribution in [3.63, 3.8) is 0 Å². The van der Waals surface area contributed by atoms with Crippen LogP contribution in [-0.4, -0.2) is 25.2 Å². The maximum absolute atomic E-state index is 12.0. The Labute approximate surface area is 88.9 Å². The predicted octanol–water partition coefficient (Wildman–Crippen LogP) is -1.65. The summed E-state index contributed by atoms with van der Waals surface area (Å²) in [6.45, 7) is -0.0670. The Hall–Kier alpha value is -2.22. The van der Waals surface area contributed by atoms with Gasteiger partial charge in [-0.1, -0.05) is 0 Å². The standard InChI is InChI=1S/C8H8N6O2/c1-12-6-4(2-10-12)7(16)13-3-5(15)14(9)8(13)11-6/h2H,3,9H2,1H3. The van der Waals surface area contributed by atoms with E-state index in [4.69, 9.17) is 5.84 Å². The molecular formula is C8H8N6O2. The molecule has 1 aliphatic rings. The maximum Gasteiger partial charge on any atom is 0.266 e. The van der Waals surface area contributed by atoms with E-state index in [0.29, 0.717) is 11.0 Å². The van der Waals surface area contributed by atoms with Gasteiger partial charge in [0, 0.05) is 7.05 Å². The molecule has 0 fully saturated rings. The molecule has 8 nitrogen and oxygen atoms in total. The van der Waals surface area contributed by atoms with Crippen molar-refractivity contribution >= 4 is 22.9 Å². The number of hydrogen-bond acceptors (Lipinski definition) is 5. The first-order valence-corrected chi connectivity index (χ1v) is 4.60. The third-order valence-electron chi connectivity index (χ3n) is 2.61. The first-order chi connectivity index (χ1) is 7.59. The Kier molecular flexibility index (Phi) is 1.51. The number of rotatable bonds is 0. The number of nitrogens with two attached hydrogens (primary N) is 1. The molecule has 1 amide bonds. The van der Waals surface area contributed by atoms with Crippen LogP contribution in [0.25, 0.3) is 11.0 Å². The van der Waals surface area contributed by atoms with Crippen LogP contribution in [-0.2, 0) is 18.4 Å². The average Bonchev–Trinajstić information content (AvgIpc) is 2.75. The van der Waals surface area contributed by atoms with Gasteiger partial charge in [0.25, 0.3) is 11.5 Å². The van der Waals surface area contributed by atoms with E-state index in [2.05, 4.69) is 10.1 Å². The number of carbonyl (C=O) groups is 1. The van der Waals surface area contributed by atoms with Crippen molar-refractivity contribution in [2.24, 2.45) is 12.9 Å². The highest BCUT2D eigenvalue weighted by Gasteiger charge is 2.29. The van der Waals surface area contributed by atoms with Crippen LogP contribution in [0.2, 0.25) is 0 Å². The fourth-order valence-electron chi connectivity index (χ4n) is 1.76. The molecule has 0 unspecified atom stereocenters. The van der Waals surface area contributed by atoms with Gasteiger partial charge in [0.1, 0.15) is 11.9 Å². The molecule has 0 aliphatic carbocycles. The van der Waals surface area contributed by atoms with Crippen LogP contribution in [0.15, 0.2) is 11.0 Å². The zero-order valence-electron chi connectivity index (χ0n) is 8.41. The highest BCUT2D eigenvalue weighted by molar-refractivity contribution is 5.95. The average molecular weight is 220 g/mol. The Morgan fingerprint density at radius 3 is 2.94 bits per heavy atom. The fraction of sp³-hybridized carbons (Fsp3) is 0.250. The number of carbonyl (C=O) groups excluding carboxylic acids is 1. The number of nitrogens with zero attached hydrogens (tertiary/aromatic N) is 5. The summed E-state index contributed by atoms with van der Waals surface area (Å²) < 4.78 is 2.71. The van der Waals surface area contributed by atoms with E-state index in [1.165, 1.54) is 15.4 Å². The second-order valence-electron chi connectivity index (χ2n) is 3.57. The zero-order valence-corrected chi connectivity index (χ0v) is 8.41. The molecule has 1 aliphatic heterocycles. The van der Waals surface area contributed by atoms with Crippen molar-refractivity contribution in [2.45, 2.75) is 6.54 Å². The molecule has 2 aromatic rings.